The number of halogens is 3. The van der Waals surface area contributed by atoms with Crippen molar-refractivity contribution in [3.63, 3.8) is 0 Å². The van der Waals surface area contributed by atoms with Crippen LogP contribution in [0.15, 0.2) is 71.1 Å². The molecule has 244 valence electrons. The van der Waals surface area contributed by atoms with Gasteiger partial charge in [-0.05, 0) is 103 Å². The van der Waals surface area contributed by atoms with Crippen LogP contribution in [-0.4, -0.2) is 48.9 Å². The Balaban J connectivity index is 1.13. The Labute approximate surface area is 270 Å². The van der Waals surface area contributed by atoms with Crippen LogP contribution in [0.3, 0.4) is 0 Å². The van der Waals surface area contributed by atoms with Crippen LogP contribution in [0.2, 0.25) is 0 Å². The number of nitrogens with zero attached hydrogens (tertiary/aromatic N) is 2. The highest BCUT2D eigenvalue weighted by Gasteiger charge is 2.31. The second kappa shape index (κ2) is 14.0. The zero-order chi connectivity index (χ0) is 33.0. The maximum absolute atomic E-state index is 13.7. The summed E-state index contributed by atoms with van der Waals surface area (Å²) in [6, 6.07) is 19.9. The molecule has 2 amide bonds. The van der Waals surface area contributed by atoms with Crippen LogP contribution in [-0.2, 0) is 24.1 Å². The largest absolute Gasteiger partial charge is 0.451 e. The summed E-state index contributed by atoms with van der Waals surface area (Å²) in [4.78, 5) is 28.2. The SMILES string of the molecule is N#Cc1ccc(CN2CCC(NC(=O)c3cc4cc(-c5cc(C(F)(F)F)ccc5CNC(=O)C5CCNCC5)ccc4o3)CC2)cc1. The monoisotopic (exact) mass is 643 g/mol. The first kappa shape index (κ1) is 32.3. The molecule has 4 aromatic rings. The fraction of sp³-hybridized carbons (Fsp3) is 0.361. The molecule has 0 aliphatic carbocycles. The number of nitrogens with one attached hydrogen (secondary N) is 3. The van der Waals surface area contributed by atoms with Crippen LogP contribution >= 0.6 is 0 Å². The minimum Gasteiger partial charge on any atom is -0.451 e. The van der Waals surface area contributed by atoms with Crippen molar-refractivity contribution in [2.75, 3.05) is 26.2 Å². The highest BCUT2D eigenvalue weighted by Crippen LogP contribution is 2.35. The van der Waals surface area contributed by atoms with E-state index in [2.05, 4.69) is 26.9 Å². The van der Waals surface area contributed by atoms with Gasteiger partial charge in [-0.1, -0.05) is 24.3 Å². The minimum absolute atomic E-state index is 0.0174. The van der Waals surface area contributed by atoms with Crippen molar-refractivity contribution in [3.8, 4) is 17.2 Å². The minimum atomic E-state index is -4.53. The van der Waals surface area contributed by atoms with Crippen LogP contribution < -0.4 is 16.0 Å². The number of fused-ring (bicyclic) bond motifs is 1. The number of carbonyl (C=O) groups is 2. The number of rotatable bonds is 8. The maximum Gasteiger partial charge on any atom is 0.416 e. The smallest absolute Gasteiger partial charge is 0.416 e. The molecule has 0 unspecified atom stereocenters. The summed E-state index contributed by atoms with van der Waals surface area (Å²) in [5.41, 5.74) is 2.87. The summed E-state index contributed by atoms with van der Waals surface area (Å²) >= 11 is 0. The van der Waals surface area contributed by atoms with Crippen LogP contribution in [0.5, 0.6) is 0 Å². The van der Waals surface area contributed by atoms with Crippen molar-refractivity contribution >= 4 is 22.8 Å². The Morgan fingerprint density at radius 3 is 2.40 bits per heavy atom. The number of hydrogen-bond acceptors (Lipinski definition) is 6. The summed E-state index contributed by atoms with van der Waals surface area (Å²) in [6.07, 6.45) is -1.54. The lowest BCUT2D eigenvalue weighted by atomic mass is 9.95. The van der Waals surface area contributed by atoms with E-state index in [1.807, 2.05) is 24.3 Å². The standard InChI is InChI=1S/C36H36F3N5O3/c37-36(38,39)29-7-5-27(21-42-34(45)25-9-13-41-14-10-25)31(19-29)26-6-8-32-28(17-26)18-33(47-32)35(46)43-30-11-15-44(16-12-30)22-24-3-1-23(20-40)2-4-24/h1-8,17-19,25,30,41H,9-16,21-22H2,(H,42,45)(H,43,46). The van der Waals surface area contributed by atoms with E-state index in [1.54, 1.807) is 24.3 Å². The van der Waals surface area contributed by atoms with E-state index in [0.717, 1.165) is 76.1 Å². The Morgan fingerprint density at radius 2 is 1.70 bits per heavy atom. The number of benzene rings is 3. The Hall–Kier alpha value is -4.66. The fourth-order valence-electron chi connectivity index (χ4n) is 6.34. The lowest BCUT2D eigenvalue weighted by Gasteiger charge is -2.32. The number of hydrogen-bond donors (Lipinski definition) is 3. The van der Waals surface area contributed by atoms with Crippen molar-refractivity contribution in [2.45, 2.75) is 51.0 Å². The van der Waals surface area contributed by atoms with Crippen molar-refractivity contribution in [1.29, 1.82) is 5.26 Å². The van der Waals surface area contributed by atoms with E-state index in [-0.39, 0.29) is 36.1 Å². The van der Waals surface area contributed by atoms with Gasteiger partial charge >= 0.3 is 6.18 Å². The van der Waals surface area contributed by atoms with Gasteiger partial charge in [-0.3, -0.25) is 14.5 Å². The first-order chi connectivity index (χ1) is 22.7. The van der Waals surface area contributed by atoms with Gasteiger partial charge < -0.3 is 20.4 Å². The summed E-state index contributed by atoms with van der Waals surface area (Å²) in [5, 5.41) is 18.8. The zero-order valence-corrected chi connectivity index (χ0v) is 25.8. The Bertz CT molecular complexity index is 1780. The quantitative estimate of drug-likeness (QED) is 0.217. The summed E-state index contributed by atoms with van der Waals surface area (Å²) in [6.45, 7) is 4.01. The highest BCUT2D eigenvalue weighted by molar-refractivity contribution is 5.97. The van der Waals surface area contributed by atoms with Crippen molar-refractivity contribution in [3.05, 3.63) is 94.7 Å². The molecule has 3 aromatic carbocycles. The van der Waals surface area contributed by atoms with Crippen LogP contribution in [0, 0.1) is 17.2 Å². The first-order valence-corrected chi connectivity index (χ1v) is 15.9. The first-order valence-electron chi connectivity index (χ1n) is 15.9. The molecule has 2 aliphatic heterocycles. The van der Waals surface area contributed by atoms with E-state index < -0.39 is 11.7 Å². The lowest BCUT2D eigenvalue weighted by Crippen LogP contribution is -2.44. The maximum atomic E-state index is 13.7. The molecule has 6 rings (SSSR count). The van der Waals surface area contributed by atoms with Gasteiger partial charge in [0, 0.05) is 43.5 Å². The topological polar surface area (TPSA) is 110 Å². The Kier molecular flexibility index (Phi) is 9.61. The molecule has 0 radical (unpaired) electrons. The molecular weight excluding hydrogens is 607 g/mol. The molecular formula is C36H36F3N5O3. The summed E-state index contributed by atoms with van der Waals surface area (Å²) < 4.78 is 47.0. The van der Waals surface area contributed by atoms with Gasteiger partial charge in [0.15, 0.2) is 5.76 Å². The number of amides is 2. The van der Waals surface area contributed by atoms with Crippen LogP contribution in [0.1, 0.15) is 58.5 Å². The van der Waals surface area contributed by atoms with E-state index in [9.17, 15) is 22.8 Å². The predicted octanol–water partition coefficient (Wildman–Crippen LogP) is 6.00. The van der Waals surface area contributed by atoms with Crippen LogP contribution in [0.25, 0.3) is 22.1 Å². The molecule has 1 aromatic heterocycles. The number of nitriles is 1. The number of alkyl halides is 3. The second-order valence-corrected chi connectivity index (χ2v) is 12.3. The number of carbonyl (C=O) groups excluding carboxylic acids is 2. The molecule has 3 N–H and O–H groups in total. The van der Waals surface area contributed by atoms with Gasteiger partial charge in [-0.25, -0.2) is 0 Å². The lowest BCUT2D eigenvalue weighted by molar-refractivity contribution is -0.137. The molecule has 2 saturated heterocycles. The molecule has 0 spiro atoms. The number of likely N-dealkylation sites (tertiary alicyclic amines) is 1. The molecule has 47 heavy (non-hydrogen) atoms. The molecule has 3 heterocycles. The third kappa shape index (κ3) is 7.84. The van der Waals surface area contributed by atoms with Gasteiger partial charge in [0.25, 0.3) is 5.91 Å². The summed E-state index contributed by atoms with van der Waals surface area (Å²) in [5.74, 6) is -0.429. The van der Waals surface area contributed by atoms with Gasteiger partial charge in [-0.2, -0.15) is 18.4 Å². The van der Waals surface area contributed by atoms with E-state index in [4.69, 9.17) is 9.68 Å². The average molecular weight is 644 g/mol. The molecule has 0 atom stereocenters. The van der Waals surface area contributed by atoms with Crippen molar-refractivity contribution < 1.29 is 27.2 Å². The normalized spacial score (nSPS) is 16.6. The zero-order valence-electron chi connectivity index (χ0n) is 25.8. The van der Waals surface area contributed by atoms with E-state index in [1.165, 1.54) is 6.07 Å². The average Bonchev–Trinajstić information content (AvgIpc) is 3.52. The van der Waals surface area contributed by atoms with Gasteiger partial charge in [0.05, 0.1) is 17.2 Å². The number of furan rings is 1. The van der Waals surface area contributed by atoms with E-state index in [0.29, 0.717) is 33.2 Å². The summed E-state index contributed by atoms with van der Waals surface area (Å²) in [7, 11) is 0. The fourth-order valence-corrected chi connectivity index (χ4v) is 6.34. The van der Waals surface area contributed by atoms with Gasteiger partial charge in [0.2, 0.25) is 5.91 Å². The third-order valence-electron chi connectivity index (χ3n) is 9.06. The van der Waals surface area contributed by atoms with Crippen LogP contribution in [0.4, 0.5) is 13.2 Å². The molecule has 8 nitrogen and oxygen atoms in total. The van der Waals surface area contributed by atoms with Gasteiger partial charge in [-0.15, -0.1) is 0 Å². The van der Waals surface area contributed by atoms with E-state index >= 15 is 0 Å². The molecule has 0 bridgehead atoms. The number of piperidine rings is 2. The third-order valence-corrected chi connectivity index (χ3v) is 9.06. The second-order valence-electron chi connectivity index (χ2n) is 12.3. The molecule has 11 heteroatoms. The van der Waals surface area contributed by atoms with Crippen molar-refractivity contribution in [2.24, 2.45) is 5.92 Å². The molecule has 2 fully saturated rings. The predicted molar refractivity (Wildman–Crippen MR) is 171 cm³/mol. The highest BCUT2D eigenvalue weighted by atomic mass is 19.4. The molecule has 2 aliphatic rings. The van der Waals surface area contributed by atoms with Gasteiger partial charge in [0.1, 0.15) is 5.58 Å². The Morgan fingerprint density at radius 1 is 0.957 bits per heavy atom. The molecule has 0 saturated carbocycles. The van der Waals surface area contributed by atoms with Crippen molar-refractivity contribution in [1.82, 2.24) is 20.9 Å².